The summed E-state index contributed by atoms with van der Waals surface area (Å²) in [4.78, 5) is 26.4. The van der Waals surface area contributed by atoms with Crippen molar-refractivity contribution in [2.24, 2.45) is 0 Å². The van der Waals surface area contributed by atoms with Crippen LogP contribution in [0.4, 0.5) is 0 Å². The monoisotopic (exact) mass is 220 g/mol. The summed E-state index contributed by atoms with van der Waals surface area (Å²) in [6, 6.07) is 2.65. The van der Waals surface area contributed by atoms with Gasteiger partial charge in [-0.2, -0.15) is 0 Å². The quantitative estimate of drug-likeness (QED) is 0.751. The van der Waals surface area contributed by atoms with Crippen molar-refractivity contribution in [2.45, 2.75) is 24.8 Å². The number of aliphatic carboxylic acids is 1. The highest BCUT2D eigenvalue weighted by Crippen LogP contribution is 2.35. The topological polar surface area (TPSA) is 79.3 Å². The number of pyridine rings is 1. The molecular formula is C11H12N2O3. The summed E-state index contributed by atoms with van der Waals surface area (Å²) in [7, 11) is 0. The number of rotatable bonds is 2. The Kier molecular flexibility index (Phi) is 2.38. The van der Waals surface area contributed by atoms with Crippen molar-refractivity contribution in [1.82, 2.24) is 10.3 Å². The second-order valence-corrected chi connectivity index (χ2v) is 4.17. The standard InChI is InChI=1S/C11H12N2O3/c1-11(7-3-2-4-12-6-7)5-8(14)13-9(11)10(15)16/h2-4,6,9H,5H2,1H3,(H,13,14)(H,15,16). The Morgan fingerprint density at radius 1 is 1.69 bits per heavy atom. The first-order chi connectivity index (χ1) is 7.54. The van der Waals surface area contributed by atoms with E-state index in [2.05, 4.69) is 10.3 Å². The molecule has 1 aliphatic heterocycles. The molecular weight excluding hydrogens is 208 g/mol. The van der Waals surface area contributed by atoms with Crippen LogP contribution in [0.1, 0.15) is 18.9 Å². The average molecular weight is 220 g/mol. The molecule has 0 aromatic carbocycles. The van der Waals surface area contributed by atoms with E-state index in [1.54, 1.807) is 31.5 Å². The van der Waals surface area contributed by atoms with Crippen LogP contribution in [0, 0.1) is 0 Å². The number of amides is 1. The zero-order valence-corrected chi connectivity index (χ0v) is 8.80. The van der Waals surface area contributed by atoms with Crippen LogP contribution in [0.25, 0.3) is 0 Å². The van der Waals surface area contributed by atoms with E-state index in [1.807, 2.05) is 0 Å². The number of aromatic nitrogens is 1. The number of nitrogens with one attached hydrogen (secondary N) is 1. The van der Waals surface area contributed by atoms with Crippen molar-refractivity contribution in [3.63, 3.8) is 0 Å². The van der Waals surface area contributed by atoms with Gasteiger partial charge in [0.05, 0.1) is 0 Å². The van der Waals surface area contributed by atoms with Gasteiger partial charge in [-0.25, -0.2) is 4.79 Å². The zero-order chi connectivity index (χ0) is 11.8. The molecule has 0 spiro atoms. The van der Waals surface area contributed by atoms with E-state index < -0.39 is 17.4 Å². The molecule has 2 rings (SSSR count). The third-order valence-corrected chi connectivity index (χ3v) is 3.04. The van der Waals surface area contributed by atoms with E-state index in [0.29, 0.717) is 0 Å². The Morgan fingerprint density at radius 2 is 2.44 bits per heavy atom. The molecule has 5 heteroatoms. The van der Waals surface area contributed by atoms with Gasteiger partial charge in [-0.3, -0.25) is 9.78 Å². The Labute approximate surface area is 92.5 Å². The van der Waals surface area contributed by atoms with Crippen molar-refractivity contribution in [1.29, 1.82) is 0 Å². The summed E-state index contributed by atoms with van der Waals surface area (Å²) in [6.07, 6.45) is 3.40. The van der Waals surface area contributed by atoms with Crippen LogP contribution in [-0.4, -0.2) is 28.0 Å². The number of carboxylic acids is 1. The molecule has 0 saturated carbocycles. The van der Waals surface area contributed by atoms with Gasteiger partial charge in [0.15, 0.2) is 0 Å². The van der Waals surface area contributed by atoms with E-state index in [9.17, 15) is 9.59 Å². The van der Waals surface area contributed by atoms with Gasteiger partial charge in [0.2, 0.25) is 5.91 Å². The normalized spacial score (nSPS) is 28.8. The Bertz CT molecular complexity index is 432. The van der Waals surface area contributed by atoms with E-state index in [4.69, 9.17) is 5.11 Å². The third-order valence-electron chi connectivity index (χ3n) is 3.04. The van der Waals surface area contributed by atoms with Gasteiger partial charge in [-0.1, -0.05) is 13.0 Å². The summed E-state index contributed by atoms with van der Waals surface area (Å²) >= 11 is 0. The first-order valence-electron chi connectivity index (χ1n) is 4.97. The van der Waals surface area contributed by atoms with Crippen LogP contribution in [0.15, 0.2) is 24.5 Å². The average Bonchev–Trinajstić information content (AvgIpc) is 2.57. The van der Waals surface area contributed by atoms with Crippen molar-refractivity contribution in [3.8, 4) is 0 Å². The van der Waals surface area contributed by atoms with Crippen LogP contribution in [0.3, 0.4) is 0 Å². The van der Waals surface area contributed by atoms with Gasteiger partial charge in [-0.15, -0.1) is 0 Å². The second kappa shape index (κ2) is 3.59. The number of carboxylic acid groups (broad SMARTS) is 1. The highest BCUT2D eigenvalue weighted by atomic mass is 16.4. The highest BCUT2D eigenvalue weighted by molar-refractivity contribution is 5.90. The molecule has 84 valence electrons. The van der Waals surface area contributed by atoms with E-state index >= 15 is 0 Å². The first kappa shape index (κ1) is 10.6. The predicted octanol–water partition coefficient (Wildman–Crippen LogP) is 0.312. The van der Waals surface area contributed by atoms with E-state index in [1.165, 1.54) is 0 Å². The van der Waals surface area contributed by atoms with Crippen molar-refractivity contribution in [2.75, 3.05) is 0 Å². The van der Waals surface area contributed by atoms with E-state index in [0.717, 1.165) is 5.56 Å². The van der Waals surface area contributed by atoms with Crippen LogP contribution in [-0.2, 0) is 15.0 Å². The number of nitrogens with zero attached hydrogens (tertiary/aromatic N) is 1. The molecule has 2 N–H and O–H groups in total. The summed E-state index contributed by atoms with van der Waals surface area (Å²) in [5, 5.41) is 11.6. The fraction of sp³-hybridized carbons (Fsp3) is 0.364. The summed E-state index contributed by atoms with van der Waals surface area (Å²) in [5.41, 5.74) is 0.0396. The molecule has 2 unspecified atom stereocenters. The number of hydrogen-bond acceptors (Lipinski definition) is 3. The molecule has 0 bridgehead atoms. The maximum Gasteiger partial charge on any atom is 0.327 e. The van der Waals surface area contributed by atoms with Gasteiger partial charge >= 0.3 is 5.97 Å². The van der Waals surface area contributed by atoms with Gasteiger partial charge in [0, 0.05) is 24.2 Å². The maximum absolute atomic E-state index is 11.4. The van der Waals surface area contributed by atoms with Crippen LogP contribution >= 0.6 is 0 Å². The highest BCUT2D eigenvalue weighted by Gasteiger charge is 2.48. The minimum Gasteiger partial charge on any atom is -0.480 e. The smallest absolute Gasteiger partial charge is 0.327 e. The van der Waals surface area contributed by atoms with Crippen LogP contribution < -0.4 is 5.32 Å². The fourth-order valence-electron chi connectivity index (χ4n) is 2.11. The summed E-state index contributed by atoms with van der Waals surface area (Å²) < 4.78 is 0. The minimum atomic E-state index is -1.02. The Balaban J connectivity index is 2.43. The van der Waals surface area contributed by atoms with Crippen molar-refractivity contribution < 1.29 is 14.7 Å². The maximum atomic E-state index is 11.4. The van der Waals surface area contributed by atoms with Gasteiger partial charge in [0.25, 0.3) is 0 Å². The van der Waals surface area contributed by atoms with Gasteiger partial charge in [0.1, 0.15) is 6.04 Å². The molecule has 1 aliphatic rings. The lowest BCUT2D eigenvalue weighted by molar-refractivity contribution is -0.141. The molecule has 1 aromatic rings. The molecule has 1 amide bonds. The minimum absolute atomic E-state index is 0.176. The summed E-state index contributed by atoms with van der Waals surface area (Å²) in [6.45, 7) is 1.76. The molecule has 5 nitrogen and oxygen atoms in total. The summed E-state index contributed by atoms with van der Waals surface area (Å²) in [5.74, 6) is -1.25. The molecule has 1 aromatic heterocycles. The van der Waals surface area contributed by atoms with Crippen molar-refractivity contribution >= 4 is 11.9 Å². The van der Waals surface area contributed by atoms with Gasteiger partial charge < -0.3 is 10.4 Å². The molecule has 0 aliphatic carbocycles. The molecule has 1 saturated heterocycles. The number of carbonyl (C=O) groups is 2. The predicted molar refractivity (Wildman–Crippen MR) is 55.8 cm³/mol. The lowest BCUT2D eigenvalue weighted by Gasteiger charge is -2.27. The molecule has 0 radical (unpaired) electrons. The van der Waals surface area contributed by atoms with Crippen LogP contribution in [0.5, 0.6) is 0 Å². The SMILES string of the molecule is CC1(c2cccnc2)CC(=O)NC1C(=O)O. The Morgan fingerprint density at radius 3 is 3.00 bits per heavy atom. The van der Waals surface area contributed by atoms with Crippen molar-refractivity contribution in [3.05, 3.63) is 30.1 Å². The fourth-order valence-corrected chi connectivity index (χ4v) is 2.11. The molecule has 16 heavy (non-hydrogen) atoms. The lowest BCUT2D eigenvalue weighted by atomic mass is 9.77. The second-order valence-electron chi connectivity index (χ2n) is 4.17. The number of hydrogen-bond donors (Lipinski definition) is 2. The van der Waals surface area contributed by atoms with E-state index in [-0.39, 0.29) is 12.3 Å². The van der Waals surface area contributed by atoms with Crippen LogP contribution in [0.2, 0.25) is 0 Å². The zero-order valence-electron chi connectivity index (χ0n) is 8.80. The molecule has 2 heterocycles. The van der Waals surface area contributed by atoms with Gasteiger partial charge in [-0.05, 0) is 11.6 Å². The molecule has 2 atom stereocenters. The number of carbonyl (C=O) groups excluding carboxylic acids is 1. The molecule has 1 fully saturated rings. The first-order valence-corrected chi connectivity index (χ1v) is 4.97. The third kappa shape index (κ3) is 1.54. The largest absolute Gasteiger partial charge is 0.480 e. The lowest BCUT2D eigenvalue weighted by Crippen LogP contribution is -2.44. The Hall–Kier alpha value is -1.91.